The second kappa shape index (κ2) is 5.10. The topological polar surface area (TPSA) is 29.1 Å². The highest BCUT2D eigenvalue weighted by molar-refractivity contribution is 6.29. The number of carbonyl (C=O) groups is 1. The number of hydrogen-bond donors (Lipinski definition) is 1. The Hall–Kier alpha value is -0.730. The third kappa shape index (κ3) is 3.25. The molecule has 0 bridgehead atoms. The van der Waals surface area contributed by atoms with E-state index in [0.29, 0.717) is 5.88 Å². The third-order valence-corrected chi connectivity index (χ3v) is 2.04. The zero-order valence-corrected chi connectivity index (χ0v) is 8.40. The second-order valence-corrected chi connectivity index (χ2v) is 3.05. The first-order valence-electron chi connectivity index (χ1n) is 3.77. The summed E-state index contributed by atoms with van der Waals surface area (Å²) in [4.78, 5) is 10.9. The molecule has 70 valence electrons. The van der Waals surface area contributed by atoms with Gasteiger partial charge in [-0.25, -0.2) is 0 Å². The molecule has 2 nitrogen and oxygen atoms in total. The predicted octanol–water partition coefficient (Wildman–Crippen LogP) is 2.60. The van der Waals surface area contributed by atoms with Crippen molar-refractivity contribution in [1.29, 1.82) is 0 Å². The molecule has 0 unspecified atom stereocenters. The van der Waals surface area contributed by atoms with E-state index in [1.54, 1.807) is 6.07 Å². The Balaban J connectivity index is 2.71. The minimum Gasteiger partial charge on any atom is -0.325 e. The molecule has 0 saturated heterocycles. The Kier molecular flexibility index (Phi) is 4.06. The average Bonchev–Trinajstić information content (AvgIpc) is 2.18. The van der Waals surface area contributed by atoms with Crippen molar-refractivity contribution in [3.63, 3.8) is 0 Å². The van der Waals surface area contributed by atoms with Gasteiger partial charge in [-0.3, -0.25) is 4.79 Å². The molecule has 0 spiro atoms. The Morgan fingerprint density at radius 1 is 1.38 bits per heavy atom. The minimum atomic E-state index is -0.214. The number of anilines is 1. The van der Waals surface area contributed by atoms with E-state index in [2.05, 4.69) is 5.32 Å². The molecule has 0 radical (unpaired) electrons. The monoisotopic (exact) mass is 217 g/mol. The molecule has 1 aromatic rings. The van der Waals surface area contributed by atoms with Crippen molar-refractivity contribution in [1.82, 2.24) is 0 Å². The largest absolute Gasteiger partial charge is 0.325 e. The van der Waals surface area contributed by atoms with Gasteiger partial charge in [0, 0.05) is 11.6 Å². The molecule has 4 heteroatoms. The lowest BCUT2D eigenvalue weighted by molar-refractivity contribution is -0.113. The summed E-state index contributed by atoms with van der Waals surface area (Å²) in [6.07, 6.45) is 0. The summed E-state index contributed by atoms with van der Waals surface area (Å²) in [5.74, 6) is 0.184. The Bertz CT molecular complexity index is 301. The Labute approximate surface area is 86.8 Å². The van der Waals surface area contributed by atoms with E-state index in [9.17, 15) is 4.79 Å². The molecule has 0 aliphatic carbocycles. The predicted molar refractivity (Wildman–Crippen MR) is 55.3 cm³/mol. The highest BCUT2D eigenvalue weighted by Gasteiger charge is 1.99. The van der Waals surface area contributed by atoms with Gasteiger partial charge < -0.3 is 5.32 Å². The number of alkyl halides is 2. The summed E-state index contributed by atoms with van der Waals surface area (Å²) in [7, 11) is 0. The van der Waals surface area contributed by atoms with E-state index in [0.717, 1.165) is 11.3 Å². The van der Waals surface area contributed by atoms with Gasteiger partial charge in [0.15, 0.2) is 0 Å². The van der Waals surface area contributed by atoms with Crippen molar-refractivity contribution in [3.05, 3.63) is 29.8 Å². The van der Waals surface area contributed by atoms with Gasteiger partial charge in [-0.15, -0.1) is 23.2 Å². The van der Waals surface area contributed by atoms with E-state index in [1.165, 1.54) is 0 Å². The van der Waals surface area contributed by atoms with Crippen molar-refractivity contribution in [2.24, 2.45) is 0 Å². The normalized spacial score (nSPS) is 9.69. The van der Waals surface area contributed by atoms with Crippen molar-refractivity contribution in [2.75, 3.05) is 11.2 Å². The quantitative estimate of drug-likeness (QED) is 0.776. The highest BCUT2D eigenvalue weighted by atomic mass is 35.5. The molecule has 0 fully saturated rings. The molecule has 0 aliphatic heterocycles. The molecular formula is C9H9Cl2NO. The second-order valence-electron chi connectivity index (χ2n) is 2.52. The van der Waals surface area contributed by atoms with Gasteiger partial charge in [0.1, 0.15) is 5.88 Å². The van der Waals surface area contributed by atoms with Crippen LogP contribution in [0.4, 0.5) is 5.69 Å². The average molecular weight is 218 g/mol. The van der Waals surface area contributed by atoms with E-state index in [1.807, 2.05) is 18.2 Å². The first-order chi connectivity index (χ1) is 6.26. The van der Waals surface area contributed by atoms with Crippen LogP contribution in [0.15, 0.2) is 24.3 Å². The lowest BCUT2D eigenvalue weighted by atomic mass is 10.2. The molecule has 1 N–H and O–H groups in total. The smallest absolute Gasteiger partial charge is 0.239 e. The minimum absolute atomic E-state index is 0.0366. The van der Waals surface area contributed by atoms with Gasteiger partial charge in [0.25, 0.3) is 0 Å². The van der Waals surface area contributed by atoms with Crippen LogP contribution in [0.5, 0.6) is 0 Å². The van der Waals surface area contributed by atoms with Crippen LogP contribution in [0, 0.1) is 0 Å². The van der Waals surface area contributed by atoms with Crippen LogP contribution in [0.1, 0.15) is 5.56 Å². The fourth-order valence-electron chi connectivity index (χ4n) is 0.927. The molecule has 0 saturated carbocycles. The third-order valence-electron chi connectivity index (χ3n) is 1.49. The molecular weight excluding hydrogens is 209 g/mol. The van der Waals surface area contributed by atoms with Gasteiger partial charge in [-0.1, -0.05) is 12.1 Å². The fraction of sp³-hybridized carbons (Fsp3) is 0.222. The number of amides is 1. The summed E-state index contributed by atoms with van der Waals surface area (Å²) >= 11 is 11.0. The number of nitrogens with one attached hydrogen (secondary N) is 1. The molecule has 0 heterocycles. The Morgan fingerprint density at radius 3 is 2.77 bits per heavy atom. The van der Waals surface area contributed by atoms with E-state index in [-0.39, 0.29) is 11.8 Å². The van der Waals surface area contributed by atoms with Crippen LogP contribution in [-0.2, 0) is 10.7 Å². The summed E-state index contributed by atoms with van der Waals surface area (Å²) in [6.45, 7) is 0. The van der Waals surface area contributed by atoms with Crippen LogP contribution in [0.25, 0.3) is 0 Å². The molecule has 0 aliphatic rings. The zero-order valence-electron chi connectivity index (χ0n) is 6.89. The van der Waals surface area contributed by atoms with E-state index in [4.69, 9.17) is 23.2 Å². The number of hydrogen-bond acceptors (Lipinski definition) is 1. The number of benzene rings is 1. The van der Waals surface area contributed by atoms with Crippen LogP contribution in [0.2, 0.25) is 0 Å². The molecule has 13 heavy (non-hydrogen) atoms. The van der Waals surface area contributed by atoms with Crippen LogP contribution in [-0.4, -0.2) is 11.8 Å². The summed E-state index contributed by atoms with van der Waals surface area (Å²) in [6, 6.07) is 7.34. The van der Waals surface area contributed by atoms with Gasteiger partial charge in [-0.05, 0) is 17.7 Å². The fourth-order valence-corrected chi connectivity index (χ4v) is 1.16. The van der Waals surface area contributed by atoms with Crippen molar-refractivity contribution in [2.45, 2.75) is 5.88 Å². The molecule has 1 amide bonds. The van der Waals surface area contributed by atoms with Crippen LogP contribution >= 0.6 is 23.2 Å². The van der Waals surface area contributed by atoms with E-state index < -0.39 is 0 Å². The number of halogens is 2. The lowest BCUT2D eigenvalue weighted by Gasteiger charge is -2.03. The standard InChI is InChI=1S/C9H9Cl2NO/c10-5-7-2-1-3-8(4-7)12-9(13)6-11/h1-4H,5-6H2,(H,12,13). The molecule has 1 aromatic carbocycles. The van der Waals surface area contributed by atoms with Gasteiger partial charge in [-0.2, -0.15) is 0 Å². The SMILES string of the molecule is O=C(CCl)Nc1cccc(CCl)c1. The van der Waals surface area contributed by atoms with Crippen molar-refractivity contribution < 1.29 is 4.79 Å². The maximum atomic E-state index is 10.9. The number of rotatable bonds is 3. The van der Waals surface area contributed by atoms with E-state index >= 15 is 0 Å². The molecule has 0 atom stereocenters. The maximum absolute atomic E-state index is 10.9. The van der Waals surface area contributed by atoms with Gasteiger partial charge >= 0.3 is 0 Å². The highest BCUT2D eigenvalue weighted by Crippen LogP contribution is 2.12. The summed E-state index contributed by atoms with van der Waals surface area (Å²) in [5.41, 5.74) is 1.69. The van der Waals surface area contributed by atoms with Gasteiger partial charge in [0.2, 0.25) is 5.91 Å². The van der Waals surface area contributed by atoms with Crippen molar-refractivity contribution in [3.8, 4) is 0 Å². The Morgan fingerprint density at radius 2 is 2.15 bits per heavy atom. The number of carbonyl (C=O) groups excluding carboxylic acids is 1. The summed E-state index contributed by atoms with van der Waals surface area (Å²) < 4.78 is 0. The first-order valence-corrected chi connectivity index (χ1v) is 4.84. The van der Waals surface area contributed by atoms with Gasteiger partial charge in [0.05, 0.1) is 0 Å². The first kappa shape index (κ1) is 10.4. The zero-order chi connectivity index (χ0) is 9.68. The molecule has 0 aromatic heterocycles. The van der Waals surface area contributed by atoms with Crippen molar-refractivity contribution >= 4 is 34.8 Å². The van der Waals surface area contributed by atoms with Crippen LogP contribution < -0.4 is 5.32 Å². The maximum Gasteiger partial charge on any atom is 0.239 e. The molecule has 1 rings (SSSR count). The lowest BCUT2D eigenvalue weighted by Crippen LogP contribution is -2.12. The van der Waals surface area contributed by atoms with Crippen LogP contribution in [0.3, 0.4) is 0 Å². The summed E-state index contributed by atoms with van der Waals surface area (Å²) in [5, 5.41) is 2.64.